The molecule has 0 spiro atoms. The molecule has 0 heterocycles. The van der Waals surface area contributed by atoms with E-state index >= 15 is 0 Å². The average Bonchev–Trinajstić information content (AvgIpc) is 2.31. The number of hydroxylamine groups is 1. The van der Waals surface area contributed by atoms with E-state index in [0.29, 0.717) is 23.3 Å². The average molecular weight is 278 g/mol. The molecule has 0 aliphatic carbocycles. The van der Waals surface area contributed by atoms with Gasteiger partial charge in [0.25, 0.3) is 0 Å². The number of hydrogen-bond acceptors (Lipinski definition) is 3. The highest BCUT2D eigenvalue weighted by molar-refractivity contribution is 6.35. The van der Waals surface area contributed by atoms with E-state index in [1.807, 2.05) is 12.1 Å². The van der Waals surface area contributed by atoms with Gasteiger partial charge in [-0.2, -0.15) is 5.48 Å². The van der Waals surface area contributed by atoms with Crippen LogP contribution in [0.1, 0.15) is 24.9 Å². The molecule has 1 aromatic rings. The summed E-state index contributed by atoms with van der Waals surface area (Å²) in [6, 6.07) is 5.52. The summed E-state index contributed by atoms with van der Waals surface area (Å²) >= 11 is 12.0. The maximum absolute atomic E-state index is 6.14. The minimum absolute atomic E-state index is 0.0524. The molecule has 17 heavy (non-hydrogen) atoms. The lowest BCUT2D eigenvalue weighted by Gasteiger charge is -2.18. The van der Waals surface area contributed by atoms with Gasteiger partial charge in [-0.25, -0.2) is 0 Å². The van der Waals surface area contributed by atoms with Crippen molar-refractivity contribution in [2.75, 3.05) is 20.3 Å². The lowest BCUT2D eigenvalue weighted by atomic mass is 10.1. The molecule has 0 saturated carbocycles. The monoisotopic (exact) mass is 277 g/mol. The highest BCUT2D eigenvalue weighted by Crippen LogP contribution is 2.27. The van der Waals surface area contributed by atoms with Crippen LogP contribution < -0.4 is 5.48 Å². The Hall–Kier alpha value is -0.320. The molecule has 1 atom stereocenters. The topological polar surface area (TPSA) is 30.5 Å². The first-order valence-corrected chi connectivity index (χ1v) is 6.25. The van der Waals surface area contributed by atoms with E-state index in [2.05, 4.69) is 12.4 Å². The Kier molecular flexibility index (Phi) is 6.85. The first-order valence-electron chi connectivity index (χ1n) is 5.50. The lowest BCUT2D eigenvalue weighted by Crippen LogP contribution is -2.23. The van der Waals surface area contributed by atoms with Crippen LogP contribution in [0.4, 0.5) is 0 Å². The molecule has 1 unspecified atom stereocenters. The number of methoxy groups -OCH3 is 1. The summed E-state index contributed by atoms with van der Waals surface area (Å²) in [6.07, 6.45) is 0.869. The normalized spacial score (nSPS) is 12.7. The Balaban J connectivity index is 2.59. The number of halogens is 2. The Bertz CT molecular complexity index is 347. The van der Waals surface area contributed by atoms with Gasteiger partial charge in [-0.15, -0.1) is 0 Å². The zero-order valence-electron chi connectivity index (χ0n) is 10.0. The van der Waals surface area contributed by atoms with E-state index in [1.54, 1.807) is 13.2 Å². The highest BCUT2D eigenvalue weighted by Gasteiger charge is 2.12. The predicted molar refractivity (Wildman–Crippen MR) is 70.5 cm³/mol. The SMILES string of the molecule is CCC(NOCCOC)c1ccc(Cl)cc1Cl. The standard InChI is InChI=1S/C12H17Cl2NO2/c1-3-12(15-17-7-6-16-2)10-5-4-9(13)8-11(10)14/h4-5,8,12,15H,3,6-7H2,1-2H3. The second-order valence-corrected chi connectivity index (χ2v) is 4.43. The molecule has 0 amide bonds. The quantitative estimate of drug-likeness (QED) is 0.610. The maximum atomic E-state index is 6.14. The summed E-state index contributed by atoms with van der Waals surface area (Å²) in [7, 11) is 1.64. The summed E-state index contributed by atoms with van der Waals surface area (Å²) in [5.74, 6) is 0. The van der Waals surface area contributed by atoms with Crippen molar-refractivity contribution >= 4 is 23.2 Å². The lowest BCUT2D eigenvalue weighted by molar-refractivity contribution is -0.0131. The molecule has 3 nitrogen and oxygen atoms in total. The second-order valence-electron chi connectivity index (χ2n) is 3.59. The Morgan fingerprint density at radius 3 is 2.65 bits per heavy atom. The third-order valence-corrected chi connectivity index (χ3v) is 2.92. The van der Waals surface area contributed by atoms with Crippen molar-refractivity contribution in [3.05, 3.63) is 33.8 Å². The molecule has 0 aliphatic rings. The van der Waals surface area contributed by atoms with Crippen molar-refractivity contribution in [2.45, 2.75) is 19.4 Å². The van der Waals surface area contributed by atoms with Crippen LogP contribution in [0, 0.1) is 0 Å². The molecular formula is C12H17Cl2NO2. The fraction of sp³-hybridized carbons (Fsp3) is 0.500. The van der Waals surface area contributed by atoms with Crippen molar-refractivity contribution < 1.29 is 9.57 Å². The number of benzene rings is 1. The molecule has 0 aromatic heterocycles. The van der Waals surface area contributed by atoms with Gasteiger partial charge < -0.3 is 4.74 Å². The van der Waals surface area contributed by atoms with Crippen molar-refractivity contribution in [3.8, 4) is 0 Å². The van der Waals surface area contributed by atoms with Gasteiger partial charge in [-0.3, -0.25) is 4.84 Å². The first-order chi connectivity index (χ1) is 8.19. The number of ether oxygens (including phenoxy) is 1. The molecule has 0 fully saturated rings. The van der Waals surface area contributed by atoms with E-state index in [0.717, 1.165) is 12.0 Å². The predicted octanol–water partition coefficient (Wildman–Crippen LogP) is 3.61. The minimum atomic E-state index is 0.0524. The highest BCUT2D eigenvalue weighted by atomic mass is 35.5. The van der Waals surface area contributed by atoms with Gasteiger partial charge in [0.2, 0.25) is 0 Å². The van der Waals surface area contributed by atoms with E-state index < -0.39 is 0 Å². The number of nitrogens with one attached hydrogen (secondary N) is 1. The van der Waals surface area contributed by atoms with Gasteiger partial charge in [0.1, 0.15) is 0 Å². The van der Waals surface area contributed by atoms with Gasteiger partial charge in [-0.05, 0) is 24.1 Å². The van der Waals surface area contributed by atoms with Crippen LogP contribution in [0.5, 0.6) is 0 Å². The minimum Gasteiger partial charge on any atom is -0.382 e. The van der Waals surface area contributed by atoms with E-state index in [-0.39, 0.29) is 6.04 Å². The second kappa shape index (κ2) is 7.90. The van der Waals surface area contributed by atoms with Gasteiger partial charge >= 0.3 is 0 Å². The first kappa shape index (κ1) is 14.7. The number of hydrogen-bond donors (Lipinski definition) is 1. The van der Waals surface area contributed by atoms with Crippen molar-refractivity contribution in [3.63, 3.8) is 0 Å². The third kappa shape index (κ3) is 4.82. The van der Waals surface area contributed by atoms with Crippen molar-refractivity contribution in [1.82, 2.24) is 5.48 Å². The van der Waals surface area contributed by atoms with Crippen molar-refractivity contribution in [2.24, 2.45) is 0 Å². The largest absolute Gasteiger partial charge is 0.382 e. The summed E-state index contributed by atoms with van der Waals surface area (Å²) in [5, 5.41) is 1.28. The van der Waals surface area contributed by atoms with Crippen LogP contribution in [-0.4, -0.2) is 20.3 Å². The fourth-order valence-corrected chi connectivity index (χ4v) is 1.98. The van der Waals surface area contributed by atoms with Crippen molar-refractivity contribution in [1.29, 1.82) is 0 Å². The van der Waals surface area contributed by atoms with E-state index in [1.165, 1.54) is 0 Å². The van der Waals surface area contributed by atoms with Gasteiger partial charge in [0.05, 0.1) is 19.3 Å². The molecule has 0 aliphatic heterocycles. The molecule has 0 saturated heterocycles. The Morgan fingerprint density at radius 1 is 1.29 bits per heavy atom. The molecule has 1 rings (SSSR count). The summed E-state index contributed by atoms with van der Waals surface area (Å²) in [5.41, 5.74) is 3.96. The van der Waals surface area contributed by atoms with Gasteiger partial charge in [0.15, 0.2) is 0 Å². The summed E-state index contributed by atoms with van der Waals surface area (Å²) in [4.78, 5) is 5.30. The zero-order chi connectivity index (χ0) is 12.7. The maximum Gasteiger partial charge on any atom is 0.0916 e. The van der Waals surface area contributed by atoms with Crippen LogP contribution in [0.15, 0.2) is 18.2 Å². The van der Waals surface area contributed by atoms with E-state index in [4.69, 9.17) is 32.8 Å². The fourth-order valence-electron chi connectivity index (χ4n) is 1.44. The van der Waals surface area contributed by atoms with Crippen LogP contribution in [0.3, 0.4) is 0 Å². The third-order valence-electron chi connectivity index (χ3n) is 2.36. The summed E-state index contributed by atoms with van der Waals surface area (Å²) in [6.45, 7) is 3.11. The van der Waals surface area contributed by atoms with Crippen LogP contribution in [0.2, 0.25) is 10.0 Å². The van der Waals surface area contributed by atoms with Gasteiger partial charge in [-0.1, -0.05) is 36.2 Å². The molecule has 1 N–H and O–H groups in total. The number of rotatable bonds is 7. The van der Waals surface area contributed by atoms with E-state index in [9.17, 15) is 0 Å². The molecular weight excluding hydrogens is 261 g/mol. The van der Waals surface area contributed by atoms with Crippen LogP contribution >= 0.6 is 23.2 Å². The van der Waals surface area contributed by atoms with Gasteiger partial charge in [0, 0.05) is 17.2 Å². The smallest absolute Gasteiger partial charge is 0.0916 e. The zero-order valence-corrected chi connectivity index (χ0v) is 11.5. The van der Waals surface area contributed by atoms with Crippen LogP contribution in [-0.2, 0) is 9.57 Å². The molecule has 5 heteroatoms. The molecule has 1 aromatic carbocycles. The van der Waals surface area contributed by atoms with Crippen LogP contribution in [0.25, 0.3) is 0 Å². The Morgan fingerprint density at radius 2 is 2.06 bits per heavy atom. The molecule has 0 radical (unpaired) electrons. The Labute approximate surface area is 112 Å². The molecule has 96 valence electrons. The summed E-state index contributed by atoms with van der Waals surface area (Å²) < 4.78 is 4.89. The molecule has 0 bridgehead atoms.